The van der Waals surface area contributed by atoms with Crippen LogP contribution in [0.5, 0.6) is 11.5 Å². The maximum absolute atomic E-state index is 11.0. The zero-order valence-corrected chi connectivity index (χ0v) is 12.0. The Hall–Kier alpha value is -1.40. The first-order chi connectivity index (χ1) is 9.56. The van der Waals surface area contributed by atoms with Crippen molar-refractivity contribution in [2.24, 2.45) is 0 Å². The Kier molecular flexibility index (Phi) is 3.52. The first-order valence-corrected chi connectivity index (χ1v) is 7.57. The third kappa shape index (κ3) is 2.71. The molecule has 0 saturated carbocycles. The molecule has 108 valence electrons. The number of carboxylic acid groups (broad SMARTS) is 1. The van der Waals surface area contributed by atoms with Gasteiger partial charge in [0.15, 0.2) is 11.5 Å². The molecule has 0 bridgehead atoms. The molecule has 2 aliphatic heterocycles. The maximum atomic E-state index is 11.0. The van der Waals surface area contributed by atoms with E-state index in [9.17, 15) is 4.79 Å². The van der Waals surface area contributed by atoms with Crippen LogP contribution in [0.4, 0.5) is 0 Å². The predicted octanol–water partition coefficient (Wildman–Crippen LogP) is 1.85. The third-order valence-corrected chi connectivity index (χ3v) is 5.13. The van der Waals surface area contributed by atoms with E-state index in [1.165, 1.54) is 5.56 Å². The minimum Gasteiger partial charge on any atom is -0.480 e. The molecule has 2 N–H and O–H groups in total. The molecule has 2 atom stereocenters. The quantitative estimate of drug-likeness (QED) is 0.883. The standard InChI is InChI=1S/C14H17NO4S/c1-14(15-10(7-20-14)13(16)17)5-4-9-2-3-11-12(6-9)19-8-18-11/h2-3,6,10,15H,4-5,7-8H2,1H3,(H,16,17). The average molecular weight is 295 g/mol. The second kappa shape index (κ2) is 5.18. The number of benzene rings is 1. The summed E-state index contributed by atoms with van der Waals surface area (Å²) >= 11 is 1.68. The van der Waals surface area contributed by atoms with Crippen LogP contribution in [0.15, 0.2) is 18.2 Å². The minimum atomic E-state index is -0.774. The Morgan fingerprint density at radius 1 is 1.50 bits per heavy atom. The Balaban J connectivity index is 1.61. The van der Waals surface area contributed by atoms with Gasteiger partial charge in [-0.3, -0.25) is 10.1 Å². The van der Waals surface area contributed by atoms with Crippen molar-refractivity contribution in [3.05, 3.63) is 23.8 Å². The lowest BCUT2D eigenvalue weighted by molar-refractivity contribution is -0.138. The molecule has 0 radical (unpaired) electrons. The molecule has 0 aliphatic carbocycles. The summed E-state index contributed by atoms with van der Waals surface area (Å²) in [5.74, 6) is 1.43. The van der Waals surface area contributed by atoms with Crippen LogP contribution < -0.4 is 14.8 Å². The molecule has 1 aromatic carbocycles. The van der Waals surface area contributed by atoms with Crippen molar-refractivity contribution < 1.29 is 19.4 Å². The summed E-state index contributed by atoms with van der Waals surface area (Å²) in [7, 11) is 0. The molecule has 0 amide bonds. The molecule has 6 heteroatoms. The average Bonchev–Trinajstić information content (AvgIpc) is 3.03. The van der Waals surface area contributed by atoms with E-state index in [1.807, 2.05) is 18.2 Å². The molecular formula is C14H17NO4S. The van der Waals surface area contributed by atoms with Crippen LogP contribution in [-0.4, -0.2) is 34.5 Å². The summed E-state index contributed by atoms with van der Waals surface area (Å²) in [6, 6.07) is 5.52. The van der Waals surface area contributed by atoms with Crippen LogP contribution >= 0.6 is 11.8 Å². The Morgan fingerprint density at radius 3 is 3.05 bits per heavy atom. The van der Waals surface area contributed by atoms with E-state index >= 15 is 0 Å². The number of rotatable bonds is 4. The van der Waals surface area contributed by atoms with E-state index in [0.29, 0.717) is 5.75 Å². The largest absolute Gasteiger partial charge is 0.480 e. The van der Waals surface area contributed by atoms with Crippen molar-refractivity contribution in [2.75, 3.05) is 12.5 Å². The number of ether oxygens (including phenoxy) is 2. The van der Waals surface area contributed by atoms with E-state index in [-0.39, 0.29) is 11.7 Å². The first kappa shape index (κ1) is 13.6. The summed E-state index contributed by atoms with van der Waals surface area (Å²) < 4.78 is 10.7. The molecule has 0 aromatic heterocycles. The lowest BCUT2D eigenvalue weighted by Crippen LogP contribution is -2.43. The summed E-state index contributed by atoms with van der Waals surface area (Å²) in [5, 5.41) is 12.2. The maximum Gasteiger partial charge on any atom is 0.321 e. The fourth-order valence-electron chi connectivity index (χ4n) is 2.48. The number of thioether (sulfide) groups is 1. The van der Waals surface area contributed by atoms with Gasteiger partial charge in [-0.05, 0) is 37.5 Å². The number of hydrogen-bond acceptors (Lipinski definition) is 5. The fourth-order valence-corrected chi connectivity index (χ4v) is 3.71. The van der Waals surface area contributed by atoms with Crippen molar-refractivity contribution in [1.29, 1.82) is 0 Å². The van der Waals surface area contributed by atoms with Crippen LogP contribution in [0.1, 0.15) is 18.9 Å². The predicted molar refractivity (Wildman–Crippen MR) is 76.3 cm³/mol. The lowest BCUT2D eigenvalue weighted by atomic mass is 10.0. The van der Waals surface area contributed by atoms with E-state index in [2.05, 4.69) is 12.2 Å². The highest BCUT2D eigenvalue weighted by molar-refractivity contribution is 8.00. The molecule has 3 rings (SSSR count). The summed E-state index contributed by atoms with van der Waals surface area (Å²) in [6.45, 7) is 2.35. The van der Waals surface area contributed by atoms with Gasteiger partial charge in [-0.25, -0.2) is 0 Å². The zero-order chi connectivity index (χ0) is 14.2. The molecule has 1 saturated heterocycles. The molecule has 20 heavy (non-hydrogen) atoms. The van der Waals surface area contributed by atoms with Crippen molar-refractivity contribution in [1.82, 2.24) is 5.32 Å². The lowest BCUT2D eigenvalue weighted by Gasteiger charge is -2.24. The monoisotopic (exact) mass is 295 g/mol. The number of hydrogen-bond donors (Lipinski definition) is 2. The van der Waals surface area contributed by atoms with E-state index in [1.54, 1.807) is 11.8 Å². The van der Waals surface area contributed by atoms with E-state index in [0.717, 1.165) is 24.3 Å². The van der Waals surface area contributed by atoms with Crippen LogP contribution in [0.2, 0.25) is 0 Å². The first-order valence-electron chi connectivity index (χ1n) is 6.59. The Bertz CT molecular complexity index is 536. The normalized spacial score (nSPS) is 27.8. The van der Waals surface area contributed by atoms with E-state index < -0.39 is 12.0 Å². The smallest absolute Gasteiger partial charge is 0.321 e. The summed E-state index contributed by atoms with van der Waals surface area (Å²) in [6.07, 6.45) is 1.75. The van der Waals surface area contributed by atoms with Gasteiger partial charge in [0.1, 0.15) is 6.04 Å². The SMILES string of the molecule is CC1(CCc2ccc3c(c2)OCO3)NC(C(=O)O)CS1. The highest BCUT2D eigenvalue weighted by atomic mass is 32.2. The third-order valence-electron chi connectivity index (χ3n) is 3.67. The van der Waals surface area contributed by atoms with Crippen molar-refractivity contribution in [3.8, 4) is 11.5 Å². The zero-order valence-electron chi connectivity index (χ0n) is 11.2. The number of aliphatic carboxylic acids is 1. The minimum absolute atomic E-state index is 0.181. The number of carbonyl (C=O) groups is 1. The highest BCUT2D eigenvalue weighted by Crippen LogP contribution is 2.36. The van der Waals surface area contributed by atoms with Crippen LogP contribution in [0, 0.1) is 0 Å². The molecule has 2 unspecified atom stereocenters. The topological polar surface area (TPSA) is 67.8 Å². The second-order valence-electron chi connectivity index (χ2n) is 5.26. The van der Waals surface area contributed by atoms with Gasteiger partial charge in [-0.1, -0.05) is 6.07 Å². The van der Waals surface area contributed by atoms with Crippen molar-refractivity contribution in [3.63, 3.8) is 0 Å². The number of aryl methyl sites for hydroxylation is 1. The van der Waals surface area contributed by atoms with Crippen LogP contribution in [-0.2, 0) is 11.2 Å². The van der Waals surface area contributed by atoms with Gasteiger partial charge in [0.25, 0.3) is 0 Å². The molecule has 5 nitrogen and oxygen atoms in total. The van der Waals surface area contributed by atoms with Gasteiger partial charge in [0, 0.05) is 5.75 Å². The van der Waals surface area contributed by atoms with Crippen LogP contribution in [0.3, 0.4) is 0 Å². The molecule has 1 fully saturated rings. The highest BCUT2D eigenvalue weighted by Gasteiger charge is 2.38. The molecular weight excluding hydrogens is 278 g/mol. The summed E-state index contributed by atoms with van der Waals surface area (Å²) in [4.78, 5) is 10.8. The molecule has 2 aliphatic rings. The number of nitrogens with one attached hydrogen (secondary N) is 1. The molecule has 2 heterocycles. The Labute approximate surface area is 121 Å². The second-order valence-corrected chi connectivity index (χ2v) is 6.79. The van der Waals surface area contributed by atoms with Gasteiger partial charge in [0.2, 0.25) is 6.79 Å². The van der Waals surface area contributed by atoms with Gasteiger partial charge in [-0.15, -0.1) is 11.8 Å². The van der Waals surface area contributed by atoms with Gasteiger partial charge in [0.05, 0.1) is 4.87 Å². The van der Waals surface area contributed by atoms with E-state index in [4.69, 9.17) is 14.6 Å². The van der Waals surface area contributed by atoms with Crippen LogP contribution in [0.25, 0.3) is 0 Å². The van der Waals surface area contributed by atoms with Gasteiger partial charge >= 0.3 is 5.97 Å². The molecule has 1 aromatic rings. The van der Waals surface area contributed by atoms with Crippen molar-refractivity contribution in [2.45, 2.75) is 30.7 Å². The van der Waals surface area contributed by atoms with Gasteiger partial charge in [-0.2, -0.15) is 0 Å². The number of fused-ring (bicyclic) bond motifs is 1. The molecule has 0 spiro atoms. The van der Waals surface area contributed by atoms with Gasteiger partial charge < -0.3 is 14.6 Å². The number of carboxylic acids is 1. The fraction of sp³-hybridized carbons (Fsp3) is 0.500. The summed E-state index contributed by atoms with van der Waals surface area (Å²) in [5.41, 5.74) is 1.18. The van der Waals surface area contributed by atoms with Crippen molar-refractivity contribution >= 4 is 17.7 Å². The Morgan fingerprint density at radius 2 is 2.30 bits per heavy atom.